The molecule has 0 aliphatic heterocycles. The second kappa shape index (κ2) is 5.62. The number of pyridine rings is 1. The van der Waals surface area contributed by atoms with Crippen LogP contribution in [0.1, 0.15) is 10.4 Å². The van der Waals surface area contributed by atoms with E-state index in [0.717, 1.165) is 22.2 Å². The van der Waals surface area contributed by atoms with Gasteiger partial charge in [-0.2, -0.15) is 5.10 Å². The van der Waals surface area contributed by atoms with E-state index in [2.05, 4.69) is 10.1 Å². The molecule has 2 heterocycles. The number of aromatic nitrogens is 3. The van der Waals surface area contributed by atoms with Crippen molar-refractivity contribution in [2.45, 2.75) is 0 Å². The van der Waals surface area contributed by atoms with Crippen molar-refractivity contribution < 1.29 is 9.90 Å². The van der Waals surface area contributed by atoms with E-state index in [4.69, 9.17) is 0 Å². The number of hydrogen-bond acceptors (Lipinski definition) is 3. The molecule has 24 heavy (non-hydrogen) atoms. The van der Waals surface area contributed by atoms with E-state index in [0.29, 0.717) is 5.56 Å². The van der Waals surface area contributed by atoms with Crippen LogP contribution in [0.3, 0.4) is 0 Å². The number of carbonyl (C=O) groups is 1. The van der Waals surface area contributed by atoms with Gasteiger partial charge in [0, 0.05) is 17.8 Å². The predicted molar refractivity (Wildman–Crippen MR) is 91.3 cm³/mol. The van der Waals surface area contributed by atoms with E-state index in [-0.39, 0.29) is 5.56 Å². The molecular weight excluding hydrogens is 302 g/mol. The summed E-state index contributed by atoms with van der Waals surface area (Å²) in [6.45, 7) is 0. The lowest BCUT2D eigenvalue weighted by molar-refractivity contribution is 0.0697. The quantitative estimate of drug-likeness (QED) is 0.624. The highest BCUT2D eigenvalue weighted by Gasteiger charge is 2.12. The number of carboxylic acids is 1. The van der Waals surface area contributed by atoms with Gasteiger partial charge in [-0.25, -0.2) is 9.48 Å². The minimum absolute atomic E-state index is 0.288. The number of fused-ring (bicyclic) bond motifs is 1. The van der Waals surface area contributed by atoms with Gasteiger partial charge in [0.15, 0.2) is 0 Å². The van der Waals surface area contributed by atoms with Gasteiger partial charge in [-0.3, -0.25) is 4.98 Å². The van der Waals surface area contributed by atoms with Gasteiger partial charge in [-0.15, -0.1) is 0 Å². The zero-order chi connectivity index (χ0) is 16.5. The SMILES string of the molecule is O=C(O)c1ccccc1-c1ccc2nn(-c3cccnc3)cc2c1. The van der Waals surface area contributed by atoms with Gasteiger partial charge in [-0.1, -0.05) is 24.3 Å². The van der Waals surface area contributed by atoms with E-state index < -0.39 is 5.97 Å². The molecule has 0 bridgehead atoms. The minimum atomic E-state index is -0.934. The van der Waals surface area contributed by atoms with E-state index in [1.165, 1.54) is 0 Å². The van der Waals surface area contributed by atoms with Gasteiger partial charge in [0.1, 0.15) is 0 Å². The largest absolute Gasteiger partial charge is 0.478 e. The molecule has 0 saturated carbocycles. The third kappa shape index (κ3) is 2.42. The Labute approximate surface area is 137 Å². The summed E-state index contributed by atoms with van der Waals surface area (Å²) in [5.74, 6) is -0.934. The van der Waals surface area contributed by atoms with Gasteiger partial charge >= 0.3 is 5.97 Å². The summed E-state index contributed by atoms with van der Waals surface area (Å²) >= 11 is 0. The van der Waals surface area contributed by atoms with Crippen LogP contribution in [0.15, 0.2) is 73.2 Å². The molecule has 0 saturated heterocycles. The van der Waals surface area contributed by atoms with Crippen LogP contribution in [0.25, 0.3) is 27.7 Å². The summed E-state index contributed by atoms with van der Waals surface area (Å²) in [4.78, 5) is 15.5. The monoisotopic (exact) mass is 315 g/mol. The molecule has 0 fully saturated rings. The molecule has 2 aromatic heterocycles. The number of benzene rings is 2. The maximum absolute atomic E-state index is 11.4. The Morgan fingerprint density at radius 2 is 1.92 bits per heavy atom. The molecule has 5 heteroatoms. The van der Waals surface area contributed by atoms with Crippen LogP contribution in [-0.4, -0.2) is 25.8 Å². The molecule has 0 amide bonds. The summed E-state index contributed by atoms with van der Waals surface area (Å²) in [5.41, 5.74) is 3.56. The van der Waals surface area contributed by atoms with E-state index in [9.17, 15) is 9.90 Å². The molecule has 116 valence electrons. The molecule has 4 aromatic rings. The molecule has 0 spiro atoms. The zero-order valence-electron chi connectivity index (χ0n) is 12.6. The van der Waals surface area contributed by atoms with Gasteiger partial charge in [-0.05, 0) is 41.5 Å². The maximum atomic E-state index is 11.4. The number of rotatable bonds is 3. The standard InChI is InChI=1S/C19H13N3O2/c23-19(24)17-6-2-1-5-16(17)13-7-8-18-14(10-13)12-22(21-18)15-4-3-9-20-11-15/h1-12H,(H,23,24). The molecular formula is C19H13N3O2. The first-order valence-corrected chi connectivity index (χ1v) is 7.45. The predicted octanol–water partition coefficient (Wildman–Crippen LogP) is 3.79. The fourth-order valence-corrected chi connectivity index (χ4v) is 2.74. The Hall–Kier alpha value is -3.47. The van der Waals surface area contributed by atoms with Crippen LogP contribution in [-0.2, 0) is 0 Å². The van der Waals surface area contributed by atoms with Crippen molar-refractivity contribution in [2.75, 3.05) is 0 Å². The van der Waals surface area contributed by atoms with Gasteiger partial charge < -0.3 is 5.11 Å². The Morgan fingerprint density at radius 1 is 1.04 bits per heavy atom. The van der Waals surface area contributed by atoms with Crippen molar-refractivity contribution >= 4 is 16.9 Å². The highest BCUT2D eigenvalue weighted by molar-refractivity contribution is 5.97. The van der Waals surface area contributed by atoms with Gasteiger partial charge in [0.2, 0.25) is 0 Å². The highest BCUT2D eigenvalue weighted by atomic mass is 16.4. The number of carboxylic acid groups (broad SMARTS) is 1. The maximum Gasteiger partial charge on any atom is 0.336 e. The smallest absolute Gasteiger partial charge is 0.336 e. The Morgan fingerprint density at radius 3 is 2.71 bits per heavy atom. The molecule has 5 nitrogen and oxygen atoms in total. The average Bonchev–Trinajstić information content (AvgIpc) is 3.05. The average molecular weight is 315 g/mol. The summed E-state index contributed by atoms with van der Waals surface area (Å²) in [6.07, 6.45) is 5.37. The third-order valence-electron chi connectivity index (χ3n) is 3.88. The lowest BCUT2D eigenvalue weighted by Crippen LogP contribution is -1.98. The lowest BCUT2D eigenvalue weighted by atomic mass is 9.99. The molecule has 4 rings (SSSR count). The van der Waals surface area contributed by atoms with Crippen molar-refractivity contribution in [3.05, 3.63) is 78.8 Å². The van der Waals surface area contributed by atoms with Crippen molar-refractivity contribution in [1.29, 1.82) is 0 Å². The van der Waals surface area contributed by atoms with Crippen molar-refractivity contribution in [2.24, 2.45) is 0 Å². The Balaban J connectivity index is 1.84. The highest BCUT2D eigenvalue weighted by Crippen LogP contribution is 2.27. The first kappa shape index (κ1) is 14.1. The van der Waals surface area contributed by atoms with Crippen LogP contribution >= 0.6 is 0 Å². The van der Waals surface area contributed by atoms with E-state index in [1.54, 1.807) is 29.2 Å². The van der Waals surface area contributed by atoms with Crippen molar-refractivity contribution in [3.63, 3.8) is 0 Å². The second-order valence-electron chi connectivity index (χ2n) is 5.41. The molecule has 2 aromatic carbocycles. The molecule has 0 radical (unpaired) electrons. The summed E-state index contributed by atoms with van der Waals surface area (Å²) < 4.78 is 1.77. The number of hydrogen-bond donors (Lipinski definition) is 1. The van der Waals surface area contributed by atoms with Crippen molar-refractivity contribution in [3.8, 4) is 16.8 Å². The molecule has 0 aliphatic rings. The van der Waals surface area contributed by atoms with Crippen LogP contribution in [0, 0.1) is 0 Å². The summed E-state index contributed by atoms with van der Waals surface area (Å²) in [6, 6.07) is 16.5. The second-order valence-corrected chi connectivity index (χ2v) is 5.41. The summed E-state index contributed by atoms with van der Waals surface area (Å²) in [7, 11) is 0. The normalized spacial score (nSPS) is 10.8. The fourth-order valence-electron chi connectivity index (χ4n) is 2.74. The number of aromatic carboxylic acids is 1. The van der Waals surface area contributed by atoms with Crippen LogP contribution < -0.4 is 0 Å². The molecule has 0 aliphatic carbocycles. The van der Waals surface area contributed by atoms with Crippen LogP contribution in [0.2, 0.25) is 0 Å². The topological polar surface area (TPSA) is 68.0 Å². The number of nitrogens with zero attached hydrogens (tertiary/aromatic N) is 3. The van der Waals surface area contributed by atoms with Gasteiger partial charge in [0.05, 0.1) is 23.0 Å². The zero-order valence-corrected chi connectivity index (χ0v) is 12.6. The Kier molecular flexibility index (Phi) is 3.31. The van der Waals surface area contributed by atoms with E-state index >= 15 is 0 Å². The van der Waals surface area contributed by atoms with Gasteiger partial charge in [0.25, 0.3) is 0 Å². The molecule has 0 unspecified atom stereocenters. The van der Waals surface area contributed by atoms with Crippen LogP contribution in [0.5, 0.6) is 0 Å². The lowest BCUT2D eigenvalue weighted by Gasteiger charge is -2.05. The minimum Gasteiger partial charge on any atom is -0.478 e. The first-order chi connectivity index (χ1) is 11.7. The van der Waals surface area contributed by atoms with E-state index in [1.807, 2.05) is 48.7 Å². The summed E-state index contributed by atoms with van der Waals surface area (Å²) in [5, 5.41) is 14.8. The Bertz CT molecular complexity index is 1040. The molecule has 1 N–H and O–H groups in total. The van der Waals surface area contributed by atoms with Crippen LogP contribution in [0.4, 0.5) is 0 Å². The van der Waals surface area contributed by atoms with Crippen molar-refractivity contribution in [1.82, 2.24) is 14.8 Å². The molecule has 0 atom stereocenters. The third-order valence-corrected chi connectivity index (χ3v) is 3.88. The first-order valence-electron chi connectivity index (χ1n) is 7.45. The fraction of sp³-hybridized carbons (Fsp3) is 0.